The number of aromatic nitrogens is 4. The number of aliphatic hydroxyl groups excluding tert-OH is 1. The second-order valence-electron chi connectivity index (χ2n) is 9.34. The number of rotatable bonds is 4. The fourth-order valence-electron chi connectivity index (χ4n) is 4.71. The summed E-state index contributed by atoms with van der Waals surface area (Å²) in [5.41, 5.74) is 8.52. The second-order valence-corrected chi connectivity index (χ2v) is 10.8. The van der Waals surface area contributed by atoms with Gasteiger partial charge in [0.15, 0.2) is 11.6 Å². The number of fused-ring (bicyclic) bond motifs is 1. The van der Waals surface area contributed by atoms with Crippen molar-refractivity contribution in [1.82, 2.24) is 24.8 Å². The molecule has 0 aliphatic carbocycles. The molecule has 2 fully saturated rings. The van der Waals surface area contributed by atoms with Crippen molar-refractivity contribution in [3.63, 3.8) is 0 Å². The Kier molecular flexibility index (Phi) is 6.83. The lowest BCUT2D eigenvalue weighted by molar-refractivity contribution is 0.0546. The Hall–Kier alpha value is -3.38. The summed E-state index contributed by atoms with van der Waals surface area (Å²) in [5, 5.41) is 10.2. The lowest BCUT2D eigenvalue weighted by atomic mass is 10.1. The number of carbonyl (C=O) groups excluding carboxylic acids is 1. The molecular formula is C26H26ClN7O3S. The first kappa shape index (κ1) is 24.9. The molecule has 2 aliphatic heterocycles. The number of nitrogen functional groups attached to an aromatic ring is 1. The van der Waals surface area contributed by atoms with Crippen LogP contribution < -0.4 is 10.6 Å². The number of benzene rings is 1. The van der Waals surface area contributed by atoms with Gasteiger partial charge in [0.05, 0.1) is 45.7 Å². The van der Waals surface area contributed by atoms with E-state index in [1.807, 2.05) is 18.2 Å². The molecule has 2 aliphatic rings. The molecular weight excluding hydrogens is 526 g/mol. The van der Waals surface area contributed by atoms with E-state index < -0.39 is 0 Å². The van der Waals surface area contributed by atoms with Crippen LogP contribution in [0.2, 0.25) is 5.02 Å². The van der Waals surface area contributed by atoms with Crippen molar-refractivity contribution in [3.05, 3.63) is 47.2 Å². The fourth-order valence-corrected chi connectivity index (χ4v) is 6.08. The van der Waals surface area contributed by atoms with E-state index in [2.05, 4.69) is 14.9 Å². The van der Waals surface area contributed by atoms with Crippen LogP contribution in [0.3, 0.4) is 0 Å². The summed E-state index contributed by atoms with van der Waals surface area (Å²) in [6, 6.07) is 7.54. The van der Waals surface area contributed by atoms with Crippen molar-refractivity contribution < 1.29 is 14.6 Å². The fraction of sp³-hybridized carbons (Fsp3) is 0.346. The maximum absolute atomic E-state index is 13.0. The third kappa shape index (κ3) is 4.90. The number of thiophene rings is 1. The number of hydrogen-bond acceptors (Lipinski definition) is 10. The Labute approximate surface area is 228 Å². The van der Waals surface area contributed by atoms with Crippen LogP contribution in [0.15, 0.2) is 36.7 Å². The van der Waals surface area contributed by atoms with Crippen molar-refractivity contribution >= 4 is 50.8 Å². The van der Waals surface area contributed by atoms with E-state index in [1.54, 1.807) is 34.7 Å². The Morgan fingerprint density at radius 1 is 1.05 bits per heavy atom. The first-order valence-electron chi connectivity index (χ1n) is 12.5. The first-order valence-corrected chi connectivity index (χ1v) is 13.6. The summed E-state index contributed by atoms with van der Waals surface area (Å²) in [6.45, 7) is 3.77. The van der Waals surface area contributed by atoms with Gasteiger partial charge in [-0.25, -0.2) is 19.9 Å². The molecule has 10 nitrogen and oxygen atoms in total. The number of likely N-dealkylation sites (tertiary alicyclic amines) is 1. The molecule has 196 valence electrons. The minimum atomic E-state index is -0.344. The first-order chi connectivity index (χ1) is 18.5. The summed E-state index contributed by atoms with van der Waals surface area (Å²) in [7, 11) is 0. The normalized spacial score (nSPS) is 16.8. The summed E-state index contributed by atoms with van der Waals surface area (Å²) >= 11 is 8.21. The summed E-state index contributed by atoms with van der Waals surface area (Å²) < 4.78 is 6.52. The molecule has 0 bridgehead atoms. The third-order valence-electron chi connectivity index (χ3n) is 6.83. The molecule has 0 radical (unpaired) electrons. The van der Waals surface area contributed by atoms with Gasteiger partial charge in [-0.3, -0.25) is 4.79 Å². The molecule has 3 N–H and O–H groups in total. The van der Waals surface area contributed by atoms with Crippen LogP contribution in [0.25, 0.3) is 32.0 Å². The molecule has 2 saturated heterocycles. The van der Waals surface area contributed by atoms with Crippen LogP contribution >= 0.6 is 22.9 Å². The number of ether oxygens (including phenoxy) is 1. The van der Waals surface area contributed by atoms with Crippen LogP contribution in [0, 0.1) is 0 Å². The zero-order chi connectivity index (χ0) is 26.2. The Balaban J connectivity index is 1.37. The van der Waals surface area contributed by atoms with Crippen LogP contribution in [-0.4, -0.2) is 81.3 Å². The van der Waals surface area contributed by atoms with Gasteiger partial charge in [0.1, 0.15) is 0 Å². The number of carbonyl (C=O) groups is 1. The summed E-state index contributed by atoms with van der Waals surface area (Å²) in [4.78, 5) is 35.9. The van der Waals surface area contributed by atoms with E-state index in [-0.39, 0.29) is 18.0 Å². The van der Waals surface area contributed by atoms with Gasteiger partial charge in [-0.15, -0.1) is 11.3 Å². The zero-order valence-electron chi connectivity index (χ0n) is 20.5. The van der Waals surface area contributed by atoms with E-state index in [9.17, 15) is 9.90 Å². The highest BCUT2D eigenvalue weighted by atomic mass is 35.5. The number of nitrogens with two attached hydrogens (primary N) is 1. The van der Waals surface area contributed by atoms with Gasteiger partial charge >= 0.3 is 0 Å². The number of hydrogen-bond donors (Lipinski definition) is 2. The summed E-state index contributed by atoms with van der Waals surface area (Å²) in [6.07, 6.45) is 4.07. The quantitative estimate of drug-likeness (QED) is 0.391. The number of piperidine rings is 1. The molecule has 1 amide bonds. The van der Waals surface area contributed by atoms with Crippen LogP contribution in [0.4, 0.5) is 11.8 Å². The molecule has 0 spiro atoms. The number of amides is 1. The van der Waals surface area contributed by atoms with Crippen LogP contribution in [0.1, 0.15) is 23.2 Å². The Morgan fingerprint density at radius 2 is 1.79 bits per heavy atom. The number of aliphatic hydroxyl groups is 1. The van der Waals surface area contributed by atoms with E-state index in [0.29, 0.717) is 61.1 Å². The molecule has 0 unspecified atom stereocenters. The van der Waals surface area contributed by atoms with Gasteiger partial charge in [0.2, 0.25) is 5.95 Å². The molecule has 38 heavy (non-hydrogen) atoms. The number of anilines is 2. The van der Waals surface area contributed by atoms with E-state index in [0.717, 1.165) is 39.6 Å². The molecule has 3 aromatic heterocycles. The van der Waals surface area contributed by atoms with Gasteiger partial charge in [0, 0.05) is 43.4 Å². The van der Waals surface area contributed by atoms with E-state index in [1.165, 1.54) is 0 Å². The van der Waals surface area contributed by atoms with Gasteiger partial charge in [0.25, 0.3) is 5.91 Å². The highest BCUT2D eigenvalue weighted by Gasteiger charge is 2.25. The van der Waals surface area contributed by atoms with Crippen molar-refractivity contribution in [2.24, 2.45) is 0 Å². The van der Waals surface area contributed by atoms with Crippen molar-refractivity contribution in [3.8, 4) is 21.8 Å². The highest BCUT2D eigenvalue weighted by molar-refractivity contribution is 7.22. The summed E-state index contributed by atoms with van der Waals surface area (Å²) in [5.74, 6) is 1.44. The Morgan fingerprint density at radius 3 is 2.50 bits per heavy atom. The largest absolute Gasteiger partial charge is 0.393 e. The maximum Gasteiger partial charge on any atom is 0.255 e. The van der Waals surface area contributed by atoms with Crippen LogP contribution in [-0.2, 0) is 4.74 Å². The molecule has 5 heterocycles. The van der Waals surface area contributed by atoms with Crippen LogP contribution in [0.5, 0.6) is 0 Å². The molecule has 1 aromatic carbocycles. The topological polar surface area (TPSA) is 131 Å². The van der Waals surface area contributed by atoms with Crippen molar-refractivity contribution in [2.45, 2.75) is 18.9 Å². The van der Waals surface area contributed by atoms with Gasteiger partial charge < -0.3 is 25.4 Å². The molecule has 0 saturated carbocycles. The predicted molar refractivity (Wildman–Crippen MR) is 147 cm³/mol. The average Bonchev–Trinajstić information content (AvgIpc) is 3.38. The van der Waals surface area contributed by atoms with Gasteiger partial charge in [-0.2, -0.15) is 0 Å². The monoisotopic (exact) mass is 551 g/mol. The van der Waals surface area contributed by atoms with E-state index in [4.69, 9.17) is 32.0 Å². The number of halogens is 1. The molecule has 6 rings (SSSR count). The van der Waals surface area contributed by atoms with E-state index >= 15 is 0 Å². The molecule has 12 heteroatoms. The minimum absolute atomic E-state index is 0.111. The second kappa shape index (κ2) is 10.4. The maximum atomic E-state index is 13.0. The van der Waals surface area contributed by atoms with Gasteiger partial charge in [-0.1, -0.05) is 17.7 Å². The molecule has 4 aromatic rings. The SMILES string of the molecule is Nc1ncc(-c2nc(N3CCOCC3)c3sc(-c4ccc(C(=O)N5CCC(O)CC5)c(Cl)c4)cc3n2)cn1. The highest BCUT2D eigenvalue weighted by Crippen LogP contribution is 2.40. The zero-order valence-corrected chi connectivity index (χ0v) is 22.1. The third-order valence-corrected chi connectivity index (χ3v) is 8.31. The number of morpholine rings is 1. The average molecular weight is 552 g/mol. The standard InChI is InChI=1S/C26H26ClN7O3S/c27-19-11-15(1-2-18(19)25(36)34-5-3-17(35)4-6-34)21-12-20-22(38-21)24(33-7-9-37-10-8-33)32-23(31-20)16-13-29-26(28)30-14-16/h1-2,11-14,17,35H,3-10H2,(H2,28,29,30). The Bertz CT molecular complexity index is 1480. The lowest BCUT2D eigenvalue weighted by Gasteiger charge is -2.29. The van der Waals surface area contributed by atoms with Crippen molar-refractivity contribution in [1.29, 1.82) is 0 Å². The van der Waals surface area contributed by atoms with Gasteiger partial charge in [-0.05, 0) is 36.6 Å². The molecule has 0 atom stereocenters. The predicted octanol–water partition coefficient (Wildman–Crippen LogP) is 3.48. The minimum Gasteiger partial charge on any atom is -0.393 e. The lowest BCUT2D eigenvalue weighted by Crippen LogP contribution is -2.40. The smallest absolute Gasteiger partial charge is 0.255 e. The van der Waals surface area contributed by atoms with Crippen molar-refractivity contribution in [2.75, 3.05) is 50.0 Å². The number of nitrogens with zero attached hydrogens (tertiary/aromatic N) is 6.